The SMILES string of the molecule is COC(C)(C)CC(O)c1ccsc1C. The molecule has 3 heteroatoms. The van der Waals surface area contributed by atoms with Crippen molar-refractivity contribution in [3.05, 3.63) is 21.9 Å². The van der Waals surface area contributed by atoms with Gasteiger partial charge in [-0.3, -0.25) is 0 Å². The van der Waals surface area contributed by atoms with Crippen molar-refractivity contribution >= 4 is 11.3 Å². The van der Waals surface area contributed by atoms with Crippen molar-refractivity contribution in [1.82, 2.24) is 0 Å². The molecule has 2 nitrogen and oxygen atoms in total. The van der Waals surface area contributed by atoms with Crippen LogP contribution in [0, 0.1) is 6.92 Å². The number of ether oxygens (including phenoxy) is 1. The molecule has 0 aliphatic rings. The number of thiophene rings is 1. The van der Waals surface area contributed by atoms with Gasteiger partial charge < -0.3 is 9.84 Å². The van der Waals surface area contributed by atoms with Crippen LogP contribution in [0.1, 0.15) is 36.8 Å². The predicted octanol–water partition coefficient (Wildman–Crippen LogP) is 2.91. The van der Waals surface area contributed by atoms with Crippen molar-refractivity contribution in [3.8, 4) is 0 Å². The summed E-state index contributed by atoms with van der Waals surface area (Å²) < 4.78 is 5.29. The summed E-state index contributed by atoms with van der Waals surface area (Å²) in [5.41, 5.74) is 0.758. The zero-order chi connectivity index (χ0) is 10.8. The molecule has 1 aromatic heterocycles. The molecular weight excluding hydrogens is 196 g/mol. The van der Waals surface area contributed by atoms with E-state index in [2.05, 4.69) is 0 Å². The lowest BCUT2D eigenvalue weighted by Crippen LogP contribution is -2.25. The molecule has 0 amide bonds. The lowest BCUT2D eigenvalue weighted by atomic mass is 9.96. The number of aryl methyl sites for hydroxylation is 1. The van der Waals surface area contributed by atoms with Crippen LogP contribution in [0.2, 0.25) is 0 Å². The molecule has 0 aromatic carbocycles. The van der Waals surface area contributed by atoms with Gasteiger partial charge in [0.25, 0.3) is 0 Å². The minimum absolute atomic E-state index is 0.270. The highest BCUT2D eigenvalue weighted by Gasteiger charge is 2.23. The maximum Gasteiger partial charge on any atom is 0.0827 e. The van der Waals surface area contributed by atoms with E-state index < -0.39 is 6.10 Å². The second-order valence-electron chi connectivity index (χ2n) is 4.12. The van der Waals surface area contributed by atoms with E-state index in [1.54, 1.807) is 18.4 Å². The van der Waals surface area contributed by atoms with Crippen LogP contribution in [-0.4, -0.2) is 17.8 Å². The fraction of sp³-hybridized carbons (Fsp3) is 0.636. The van der Waals surface area contributed by atoms with E-state index in [4.69, 9.17) is 4.74 Å². The van der Waals surface area contributed by atoms with Crippen LogP contribution < -0.4 is 0 Å². The average Bonchev–Trinajstić information content (AvgIpc) is 2.51. The third kappa shape index (κ3) is 2.80. The van der Waals surface area contributed by atoms with E-state index in [1.807, 2.05) is 32.2 Å². The average molecular weight is 214 g/mol. The van der Waals surface area contributed by atoms with Gasteiger partial charge in [-0.25, -0.2) is 0 Å². The van der Waals surface area contributed by atoms with Gasteiger partial charge in [0.2, 0.25) is 0 Å². The highest BCUT2D eigenvalue weighted by atomic mass is 32.1. The fourth-order valence-electron chi connectivity index (χ4n) is 1.40. The monoisotopic (exact) mass is 214 g/mol. The molecular formula is C11H18O2S. The quantitative estimate of drug-likeness (QED) is 0.835. The van der Waals surface area contributed by atoms with Crippen molar-refractivity contribution < 1.29 is 9.84 Å². The first-order valence-electron chi connectivity index (χ1n) is 4.73. The molecule has 1 N–H and O–H groups in total. The Bertz CT molecular complexity index is 291. The summed E-state index contributed by atoms with van der Waals surface area (Å²) >= 11 is 1.67. The molecule has 14 heavy (non-hydrogen) atoms. The van der Waals surface area contributed by atoms with Crippen LogP contribution in [0.25, 0.3) is 0 Å². The molecule has 1 unspecified atom stereocenters. The topological polar surface area (TPSA) is 29.5 Å². The summed E-state index contributed by atoms with van der Waals surface area (Å²) in [6, 6.07) is 1.98. The largest absolute Gasteiger partial charge is 0.388 e. The fourth-order valence-corrected chi connectivity index (χ4v) is 2.16. The van der Waals surface area contributed by atoms with Crippen LogP contribution in [0.15, 0.2) is 11.4 Å². The Morgan fingerprint density at radius 3 is 2.64 bits per heavy atom. The molecule has 1 rings (SSSR count). The van der Waals surface area contributed by atoms with Crippen LogP contribution in [0.3, 0.4) is 0 Å². The smallest absolute Gasteiger partial charge is 0.0827 e. The maximum absolute atomic E-state index is 9.98. The number of rotatable bonds is 4. The first kappa shape index (κ1) is 11.7. The van der Waals surface area contributed by atoms with Gasteiger partial charge in [-0.15, -0.1) is 11.3 Å². The standard InChI is InChI=1S/C11H18O2S/c1-8-9(5-6-14-8)10(12)7-11(2,3)13-4/h5-6,10,12H,7H2,1-4H3. The van der Waals surface area contributed by atoms with Crippen molar-refractivity contribution in [2.75, 3.05) is 7.11 Å². The van der Waals surface area contributed by atoms with Crippen molar-refractivity contribution in [2.45, 2.75) is 38.9 Å². The molecule has 80 valence electrons. The Kier molecular flexibility index (Phi) is 3.70. The van der Waals surface area contributed by atoms with Crippen molar-refractivity contribution in [2.24, 2.45) is 0 Å². The van der Waals surface area contributed by atoms with Crippen LogP contribution >= 0.6 is 11.3 Å². The van der Waals surface area contributed by atoms with E-state index in [-0.39, 0.29) is 5.60 Å². The number of hydrogen-bond donors (Lipinski definition) is 1. The van der Waals surface area contributed by atoms with Gasteiger partial charge in [0.1, 0.15) is 0 Å². The maximum atomic E-state index is 9.98. The lowest BCUT2D eigenvalue weighted by molar-refractivity contribution is -0.0201. The Morgan fingerprint density at radius 2 is 2.21 bits per heavy atom. The Labute approximate surface area is 89.5 Å². The highest BCUT2D eigenvalue weighted by molar-refractivity contribution is 7.10. The molecule has 0 saturated heterocycles. The van der Waals surface area contributed by atoms with E-state index >= 15 is 0 Å². The first-order chi connectivity index (χ1) is 6.46. The minimum atomic E-state index is -0.420. The second-order valence-corrected chi connectivity index (χ2v) is 5.24. The predicted molar refractivity (Wildman–Crippen MR) is 59.7 cm³/mol. The van der Waals surface area contributed by atoms with Gasteiger partial charge in [0.15, 0.2) is 0 Å². The lowest BCUT2D eigenvalue weighted by Gasteiger charge is -2.25. The van der Waals surface area contributed by atoms with Crippen molar-refractivity contribution in [1.29, 1.82) is 0 Å². The van der Waals surface area contributed by atoms with Crippen molar-refractivity contribution in [3.63, 3.8) is 0 Å². The van der Waals surface area contributed by atoms with Crippen LogP contribution in [0.4, 0.5) is 0 Å². The van der Waals surface area contributed by atoms with E-state index in [9.17, 15) is 5.11 Å². The molecule has 0 bridgehead atoms. The number of methoxy groups -OCH3 is 1. The minimum Gasteiger partial charge on any atom is -0.388 e. The zero-order valence-corrected chi connectivity index (χ0v) is 10.0. The summed E-state index contributed by atoms with van der Waals surface area (Å²) in [6.45, 7) is 6.00. The van der Waals surface area contributed by atoms with Gasteiger partial charge >= 0.3 is 0 Å². The normalized spacial score (nSPS) is 14.4. The summed E-state index contributed by atoms with van der Waals surface area (Å²) in [5, 5.41) is 12.0. The van der Waals surface area contributed by atoms with Gasteiger partial charge in [-0.05, 0) is 37.8 Å². The first-order valence-corrected chi connectivity index (χ1v) is 5.61. The molecule has 0 saturated carbocycles. The third-order valence-electron chi connectivity index (χ3n) is 2.50. The van der Waals surface area contributed by atoms with Gasteiger partial charge in [0.05, 0.1) is 11.7 Å². The summed E-state index contributed by atoms with van der Waals surface area (Å²) in [4.78, 5) is 1.18. The third-order valence-corrected chi connectivity index (χ3v) is 3.36. The molecule has 0 radical (unpaired) electrons. The van der Waals surface area contributed by atoms with E-state index in [0.717, 1.165) is 5.56 Å². The molecule has 0 fully saturated rings. The second kappa shape index (κ2) is 4.43. The number of hydrogen-bond acceptors (Lipinski definition) is 3. The highest BCUT2D eigenvalue weighted by Crippen LogP contribution is 2.29. The Morgan fingerprint density at radius 1 is 1.57 bits per heavy atom. The van der Waals surface area contributed by atoms with Crippen LogP contribution in [0.5, 0.6) is 0 Å². The number of aliphatic hydroxyl groups is 1. The van der Waals surface area contributed by atoms with Gasteiger partial charge in [-0.2, -0.15) is 0 Å². The number of aliphatic hydroxyl groups excluding tert-OH is 1. The molecule has 0 spiro atoms. The molecule has 0 aliphatic heterocycles. The van der Waals surface area contributed by atoms with E-state index in [0.29, 0.717) is 6.42 Å². The van der Waals surface area contributed by atoms with Gasteiger partial charge in [0, 0.05) is 18.4 Å². The summed E-state index contributed by atoms with van der Waals surface area (Å²) in [6.07, 6.45) is 0.206. The van der Waals surface area contributed by atoms with Crippen LogP contribution in [-0.2, 0) is 4.74 Å². The Hall–Kier alpha value is -0.380. The Balaban J connectivity index is 2.68. The molecule has 0 aliphatic carbocycles. The van der Waals surface area contributed by atoms with E-state index in [1.165, 1.54) is 4.88 Å². The molecule has 1 aromatic rings. The zero-order valence-electron chi connectivity index (χ0n) is 9.20. The van der Waals surface area contributed by atoms with Gasteiger partial charge in [-0.1, -0.05) is 0 Å². The summed E-state index contributed by atoms with van der Waals surface area (Å²) in [5.74, 6) is 0. The molecule has 1 heterocycles. The summed E-state index contributed by atoms with van der Waals surface area (Å²) in [7, 11) is 1.67. The molecule has 1 atom stereocenters.